The summed E-state index contributed by atoms with van der Waals surface area (Å²) in [5.74, 6) is 1.11. The Labute approximate surface area is 153 Å². The Balaban J connectivity index is 1.57. The van der Waals surface area contributed by atoms with Gasteiger partial charge in [-0.15, -0.1) is 0 Å². The van der Waals surface area contributed by atoms with Gasteiger partial charge in [0.2, 0.25) is 0 Å². The van der Waals surface area contributed by atoms with Gasteiger partial charge in [-0.1, -0.05) is 6.07 Å². The highest BCUT2D eigenvalue weighted by molar-refractivity contribution is 5.95. The molecule has 0 aliphatic carbocycles. The third-order valence-corrected chi connectivity index (χ3v) is 5.45. The van der Waals surface area contributed by atoms with Crippen LogP contribution in [0.5, 0.6) is 5.75 Å². The van der Waals surface area contributed by atoms with Crippen LogP contribution < -0.4 is 15.6 Å². The molecule has 2 aromatic rings. The van der Waals surface area contributed by atoms with Crippen LogP contribution in [0.4, 0.5) is 0 Å². The predicted molar refractivity (Wildman–Crippen MR) is 99.0 cm³/mol. The summed E-state index contributed by atoms with van der Waals surface area (Å²) in [6.45, 7) is 1.65. The fourth-order valence-corrected chi connectivity index (χ4v) is 4.15. The number of nitrogens with zero attached hydrogens (tertiary/aromatic N) is 2. The molecule has 1 amide bonds. The number of methoxy groups -OCH3 is 1. The van der Waals surface area contributed by atoms with E-state index in [1.165, 1.54) is 5.56 Å². The van der Waals surface area contributed by atoms with Crippen LogP contribution in [0.2, 0.25) is 0 Å². The molecule has 0 radical (unpaired) electrons. The van der Waals surface area contributed by atoms with Gasteiger partial charge in [0, 0.05) is 49.0 Å². The molecule has 136 valence electrons. The Bertz CT molecular complexity index is 767. The smallest absolute Gasteiger partial charge is 0.254 e. The second kappa shape index (κ2) is 7.43. The molecule has 1 aromatic carbocycles. The monoisotopic (exact) mass is 352 g/mol. The number of likely N-dealkylation sites (tertiary alicyclic amines) is 1. The van der Waals surface area contributed by atoms with Crippen molar-refractivity contribution < 1.29 is 9.53 Å². The number of hydrogen-bond acceptors (Lipinski definition) is 5. The summed E-state index contributed by atoms with van der Waals surface area (Å²) in [5, 5.41) is 0. The fraction of sp³-hybridized carbons (Fsp3) is 0.400. The van der Waals surface area contributed by atoms with Gasteiger partial charge >= 0.3 is 0 Å². The van der Waals surface area contributed by atoms with Crippen molar-refractivity contribution in [3.8, 4) is 5.75 Å². The average Bonchev–Trinajstić information content (AvgIpc) is 3.37. The molecule has 0 saturated carbocycles. The van der Waals surface area contributed by atoms with Gasteiger partial charge in [-0.3, -0.25) is 20.6 Å². The molecule has 2 N–H and O–H groups in total. The molecule has 3 heterocycles. The van der Waals surface area contributed by atoms with Crippen LogP contribution in [-0.2, 0) is 0 Å². The molecule has 1 aromatic heterocycles. The van der Waals surface area contributed by atoms with E-state index in [4.69, 9.17) is 4.74 Å². The van der Waals surface area contributed by atoms with Gasteiger partial charge in [-0.25, -0.2) is 0 Å². The first kappa shape index (κ1) is 17.0. The maximum Gasteiger partial charge on any atom is 0.254 e. The van der Waals surface area contributed by atoms with Crippen LogP contribution in [0.25, 0.3) is 0 Å². The van der Waals surface area contributed by atoms with Gasteiger partial charge < -0.3 is 9.64 Å². The first-order chi connectivity index (χ1) is 12.8. The number of rotatable bonds is 4. The lowest BCUT2D eigenvalue weighted by atomic mass is 9.88. The third kappa shape index (κ3) is 3.18. The largest absolute Gasteiger partial charge is 0.497 e. The molecule has 26 heavy (non-hydrogen) atoms. The van der Waals surface area contributed by atoms with Gasteiger partial charge in [-0.2, -0.15) is 0 Å². The first-order valence-corrected chi connectivity index (χ1v) is 9.11. The molecule has 3 atom stereocenters. The van der Waals surface area contributed by atoms with Gasteiger partial charge in [0.25, 0.3) is 5.91 Å². The van der Waals surface area contributed by atoms with E-state index < -0.39 is 0 Å². The maximum absolute atomic E-state index is 13.1. The second-order valence-corrected chi connectivity index (χ2v) is 6.88. The topological polar surface area (TPSA) is 66.5 Å². The van der Waals surface area contributed by atoms with Gasteiger partial charge in [-0.05, 0) is 48.7 Å². The molecule has 2 saturated heterocycles. The number of pyridine rings is 1. The zero-order valence-corrected chi connectivity index (χ0v) is 14.9. The Kier molecular flexibility index (Phi) is 4.86. The fourth-order valence-electron chi connectivity index (χ4n) is 4.15. The molecule has 3 unspecified atom stereocenters. The highest BCUT2D eigenvalue weighted by atomic mass is 16.5. The molecular weight excluding hydrogens is 328 g/mol. The summed E-state index contributed by atoms with van der Waals surface area (Å²) in [6, 6.07) is 11.9. The van der Waals surface area contributed by atoms with Crippen molar-refractivity contribution in [2.75, 3.05) is 20.2 Å². The number of hydrogen-bond donors (Lipinski definition) is 2. The molecule has 2 fully saturated rings. The van der Waals surface area contributed by atoms with Crippen LogP contribution in [0, 0.1) is 0 Å². The SMILES string of the molecule is COc1cccc(C(=O)N2CCCC2C2NNCC2c2ccncc2)c1. The zero-order valence-electron chi connectivity index (χ0n) is 14.9. The molecule has 6 heteroatoms. The summed E-state index contributed by atoms with van der Waals surface area (Å²) in [7, 11) is 1.62. The Morgan fingerprint density at radius 1 is 1.27 bits per heavy atom. The van der Waals surface area contributed by atoms with Crippen molar-refractivity contribution in [1.29, 1.82) is 0 Å². The Hall–Kier alpha value is -2.44. The maximum atomic E-state index is 13.1. The average molecular weight is 352 g/mol. The number of aromatic nitrogens is 1. The van der Waals surface area contributed by atoms with Crippen molar-refractivity contribution in [3.63, 3.8) is 0 Å². The molecule has 4 rings (SSSR count). The van der Waals surface area contributed by atoms with Crippen molar-refractivity contribution in [1.82, 2.24) is 20.7 Å². The van der Waals surface area contributed by atoms with E-state index in [2.05, 4.69) is 28.0 Å². The highest BCUT2D eigenvalue weighted by Gasteiger charge is 2.41. The van der Waals surface area contributed by atoms with Crippen molar-refractivity contribution in [2.45, 2.75) is 30.8 Å². The lowest BCUT2D eigenvalue weighted by molar-refractivity contribution is 0.0704. The number of carbonyl (C=O) groups excluding carboxylic acids is 1. The normalized spacial score (nSPS) is 25.4. The minimum absolute atomic E-state index is 0.0774. The Morgan fingerprint density at radius 2 is 2.12 bits per heavy atom. The quantitative estimate of drug-likeness (QED) is 0.880. The van der Waals surface area contributed by atoms with E-state index in [1.807, 2.05) is 41.6 Å². The minimum Gasteiger partial charge on any atom is -0.497 e. The van der Waals surface area contributed by atoms with Crippen molar-refractivity contribution in [3.05, 3.63) is 59.9 Å². The van der Waals surface area contributed by atoms with Crippen LogP contribution in [0.15, 0.2) is 48.8 Å². The standard InChI is InChI=1S/C20H24N4O2/c1-26-16-5-2-4-15(12-16)20(25)24-11-3-6-18(24)19-17(13-22-23-19)14-7-9-21-10-8-14/h2,4-5,7-10,12,17-19,22-23H,3,6,11,13H2,1H3. The summed E-state index contributed by atoms with van der Waals surface area (Å²) in [6.07, 6.45) is 5.70. The summed E-state index contributed by atoms with van der Waals surface area (Å²) >= 11 is 0. The molecule has 2 aliphatic rings. The minimum atomic E-state index is 0.0774. The van der Waals surface area contributed by atoms with Crippen LogP contribution in [0.3, 0.4) is 0 Å². The van der Waals surface area contributed by atoms with Gasteiger partial charge in [0.1, 0.15) is 5.75 Å². The highest BCUT2D eigenvalue weighted by Crippen LogP contribution is 2.32. The first-order valence-electron chi connectivity index (χ1n) is 9.11. The number of ether oxygens (including phenoxy) is 1. The van der Waals surface area contributed by atoms with Crippen LogP contribution in [0.1, 0.15) is 34.7 Å². The van der Waals surface area contributed by atoms with Crippen molar-refractivity contribution in [2.24, 2.45) is 0 Å². The molecule has 2 aliphatic heterocycles. The van der Waals surface area contributed by atoms with Crippen LogP contribution >= 0.6 is 0 Å². The van der Waals surface area contributed by atoms with Crippen molar-refractivity contribution >= 4 is 5.91 Å². The summed E-state index contributed by atoms with van der Waals surface area (Å²) < 4.78 is 5.27. The number of carbonyl (C=O) groups is 1. The lowest BCUT2D eigenvalue weighted by Gasteiger charge is -2.32. The molecule has 0 bridgehead atoms. The van der Waals surface area contributed by atoms with Gasteiger partial charge in [0.15, 0.2) is 0 Å². The number of amides is 1. The van der Waals surface area contributed by atoms with E-state index in [9.17, 15) is 4.79 Å². The summed E-state index contributed by atoms with van der Waals surface area (Å²) in [4.78, 5) is 19.3. The van der Waals surface area contributed by atoms with Gasteiger partial charge in [0.05, 0.1) is 7.11 Å². The summed E-state index contributed by atoms with van der Waals surface area (Å²) in [5.41, 5.74) is 8.64. The van der Waals surface area contributed by atoms with E-state index in [0.29, 0.717) is 17.2 Å². The van der Waals surface area contributed by atoms with Crippen LogP contribution in [-0.4, -0.2) is 48.1 Å². The van der Waals surface area contributed by atoms with E-state index >= 15 is 0 Å². The lowest BCUT2D eigenvalue weighted by Crippen LogP contribution is -2.49. The molecule has 0 spiro atoms. The van der Waals surface area contributed by atoms with E-state index in [-0.39, 0.29) is 18.0 Å². The van der Waals surface area contributed by atoms with E-state index in [1.54, 1.807) is 7.11 Å². The van der Waals surface area contributed by atoms with E-state index in [0.717, 1.165) is 25.9 Å². The molecular formula is C20H24N4O2. The third-order valence-electron chi connectivity index (χ3n) is 5.45. The second-order valence-electron chi connectivity index (χ2n) is 6.88. The Morgan fingerprint density at radius 3 is 2.92 bits per heavy atom. The number of benzene rings is 1. The number of nitrogens with one attached hydrogen (secondary N) is 2. The predicted octanol–water partition coefficient (Wildman–Crippen LogP) is 1.95. The zero-order chi connectivity index (χ0) is 17.9. The number of hydrazine groups is 1. The molecule has 6 nitrogen and oxygen atoms in total.